The molecule has 0 spiro atoms. The maximum atomic E-state index is 13.6. The van der Waals surface area contributed by atoms with Crippen LogP contribution in [0.3, 0.4) is 0 Å². The molecule has 1 N–H and O–H groups in total. The first kappa shape index (κ1) is 14.4. The summed E-state index contributed by atoms with van der Waals surface area (Å²) in [6.07, 6.45) is 1.36. The highest BCUT2D eigenvalue weighted by molar-refractivity contribution is 9.10. The van der Waals surface area contributed by atoms with E-state index in [2.05, 4.69) is 21.2 Å². The number of aromatic nitrogens is 1. The number of rotatable bonds is 2. The number of benzene rings is 1. The molecular weight excluding hydrogens is 334 g/mol. The number of nitrogens with zero attached hydrogens (tertiary/aromatic N) is 1. The Balaban J connectivity index is 2.33. The van der Waals surface area contributed by atoms with E-state index in [0.717, 1.165) is 12.1 Å². The molecule has 0 aliphatic rings. The molecule has 0 aliphatic carbocycles. The van der Waals surface area contributed by atoms with Crippen molar-refractivity contribution in [2.45, 2.75) is 0 Å². The summed E-state index contributed by atoms with van der Waals surface area (Å²) in [7, 11) is 1.50. The van der Waals surface area contributed by atoms with Crippen LogP contribution in [0.1, 0.15) is 10.4 Å². The molecule has 0 bridgehead atoms. The number of pyridine rings is 1. The minimum atomic E-state index is -0.973. The predicted molar refractivity (Wildman–Crippen MR) is 73.7 cm³/mol. The Kier molecular flexibility index (Phi) is 3.99. The Morgan fingerprint density at radius 1 is 1.25 bits per heavy atom. The molecule has 1 aromatic heterocycles. The summed E-state index contributed by atoms with van der Waals surface area (Å²) >= 11 is 2.93. The van der Waals surface area contributed by atoms with Crippen molar-refractivity contribution in [3.63, 3.8) is 0 Å². The van der Waals surface area contributed by atoms with Crippen molar-refractivity contribution >= 4 is 27.5 Å². The van der Waals surface area contributed by atoms with E-state index < -0.39 is 23.1 Å². The van der Waals surface area contributed by atoms with Gasteiger partial charge in [-0.3, -0.25) is 9.59 Å². The van der Waals surface area contributed by atoms with Gasteiger partial charge in [-0.1, -0.05) is 15.9 Å². The third-order valence-electron chi connectivity index (χ3n) is 2.58. The number of anilines is 1. The first-order valence-corrected chi connectivity index (χ1v) is 6.30. The summed E-state index contributed by atoms with van der Waals surface area (Å²) < 4.78 is 28.7. The van der Waals surface area contributed by atoms with Gasteiger partial charge in [-0.25, -0.2) is 8.78 Å². The molecule has 0 fully saturated rings. The van der Waals surface area contributed by atoms with Crippen LogP contribution in [0.4, 0.5) is 14.5 Å². The number of nitrogens with one attached hydrogen (secondary N) is 1. The van der Waals surface area contributed by atoms with Gasteiger partial charge in [-0.2, -0.15) is 0 Å². The van der Waals surface area contributed by atoms with E-state index in [-0.39, 0.29) is 15.7 Å². The van der Waals surface area contributed by atoms with E-state index in [1.54, 1.807) is 0 Å². The molecule has 104 valence electrons. The first-order chi connectivity index (χ1) is 9.38. The molecule has 0 unspecified atom stereocenters. The second-order valence-electron chi connectivity index (χ2n) is 4.07. The molecule has 2 aromatic rings. The molecule has 2 rings (SSSR count). The predicted octanol–water partition coefficient (Wildman–Crippen LogP) is 2.68. The van der Waals surface area contributed by atoms with Gasteiger partial charge in [-0.05, 0) is 18.2 Å². The lowest BCUT2D eigenvalue weighted by atomic mass is 10.2. The third kappa shape index (κ3) is 2.93. The van der Waals surface area contributed by atoms with Gasteiger partial charge in [0.15, 0.2) is 0 Å². The van der Waals surface area contributed by atoms with E-state index in [1.165, 1.54) is 29.9 Å². The monoisotopic (exact) mass is 342 g/mol. The van der Waals surface area contributed by atoms with E-state index in [1.807, 2.05) is 0 Å². The van der Waals surface area contributed by atoms with E-state index >= 15 is 0 Å². The van der Waals surface area contributed by atoms with Crippen LogP contribution >= 0.6 is 15.9 Å². The smallest absolute Gasteiger partial charge is 0.261 e. The Morgan fingerprint density at radius 2 is 1.85 bits per heavy atom. The van der Waals surface area contributed by atoms with E-state index in [0.29, 0.717) is 0 Å². The van der Waals surface area contributed by atoms with Crippen LogP contribution < -0.4 is 10.9 Å². The number of aryl methyl sites for hydroxylation is 1. The average molecular weight is 343 g/mol. The van der Waals surface area contributed by atoms with Crippen LogP contribution in [0.2, 0.25) is 0 Å². The fraction of sp³-hybridized carbons (Fsp3) is 0.0769. The SMILES string of the molecule is Cn1cc(NC(=O)c2c(F)cc(Br)cc2F)ccc1=O. The van der Waals surface area contributed by atoms with Gasteiger partial charge >= 0.3 is 0 Å². The summed E-state index contributed by atoms with van der Waals surface area (Å²) in [4.78, 5) is 23.1. The standard InChI is InChI=1S/C13H9BrF2N2O2/c1-18-6-8(2-3-11(18)19)17-13(20)12-9(15)4-7(14)5-10(12)16/h2-6H,1H3,(H,17,20). The molecule has 1 heterocycles. The Hall–Kier alpha value is -2.02. The topological polar surface area (TPSA) is 51.1 Å². The molecule has 4 nitrogen and oxygen atoms in total. The lowest BCUT2D eigenvalue weighted by molar-refractivity contribution is 0.101. The lowest BCUT2D eigenvalue weighted by Gasteiger charge is -2.08. The number of carbonyl (C=O) groups excluding carboxylic acids is 1. The van der Waals surface area contributed by atoms with Crippen molar-refractivity contribution < 1.29 is 13.6 Å². The zero-order chi connectivity index (χ0) is 14.9. The average Bonchev–Trinajstić information content (AvgIpc) is 2.32. The number of amides is 1. The number of carbonyl (C=O) groups is 1. The number of halogens is 3. The quantitative estimate of drug-likeness (QED) is 0.912. The van der Waals surface area contributed by atoms with Crippen LogP contribution in [-0.2, 0) is 7.05 Å². The van der Waals surface area contributed by atoms with E-state index in [9.17, 15) is 18.4 Å². The fourth-order valence-electron chi connectivity index (χ4n) is 1.62. The van der Waals surface area contributed by atoms with Gasteiger partial charge in [0.1, 0.15) is 17.2 Å². The van der Waals surface area contributed by atoms with Gasteiger partial charge in [0, 0.05) is 23.8 Å². The maximum Gasteiger partial charge on any atom is 0.261 e. The first-order valence-electron chi connectivity index (χ1n) is 5.51. The highest BCUT2D eigenvalue weighted by Crippen LogP contribution is 2.20. The van der Waals surface area contributed by atoms with Crippen LogP contribution in [-0.4, -0.2) is 10.5 Å². The van der Waals surface area contributed by atoms with Gasteiger partial charge in [0.05, 0.1) is 5.69 Å². The molecule has 0 saturated carbocycles. The second kappa shape index (κ2) is 5.54. The number of hydrogen-bond donors (Lipinski definition) is 1. The van der Waals surface area contributed by atoms with Gasteiger partial charge in [-0.15, -0.1) is 0 Å². The van der Waals surface area contributed by atoms with Crippen LogP contribution in [0.25, 0.3) is 0 Å². The molecule has 1 aromatic carbocycles. The highest BCUT2D eigenvalue weighted by Gasteiger charge is 2.18. The molecular formula is C13H9BrF2N2O2. The molecule has 7 heteroatoms. The van der Waals surface area contributed by atoms with E-state index in [4.69, 9.17) is 0 Å². The van der Waals surface area contributed by atoms with Crippen molar-refractivity contribution in [1.29, 1.82) is 0 Å². The zero-order valence-electron chi connectivity index (χ0n) is 10.3. The Morgan fingerprint density at radius 3 is 2.40 bits per heavy atom. The largest absolute Gasteiger partial charge is 0.320 e. The van der Waals surface area contributed by atoms with Gasteiger partial charge in [0.25, 0.3) is 5.91 Å². The maximum absolute atomic E-state index is 13.6. The van der Waals surface area contributed by atoms with Gasteiger partial charge in [0.2, 0.25) is 5.56 Å². The summed E-state index contributed by atoms with van der Waals surface area (Å²) in [5.74, 6) is -2.87. The molecule has 0 atom stereocenters. The van der Waals surface area contributed by atoms with Crippen molar-refractivity contribution in [2.75, 3.05) is 5.32 Å². The zero-order valence-corrected chi connectivity index (χ0v) is 11.9. The summed E-state index contributed by atoms with van der Waals surface area (Å²) in [6, 6.07) is 4.59. The van der Waals surface area contributed by atoms with Crippen molar-refractivity contribution in [3.05, 3.63) is 62.5 Å². The van der Waals surface area contributed by atoms with Crippen molar-refractivity contribution in [3.8, 4) is 0 Å². The van der Waals surface area contributed by atoms with Crippen molar-refractivity contribution in [2.24, 2.45) is 7.05 Å². The summed E-state index contributed by atoms with van der Waals surface area (Å²) in [5.41, 5.74) is -0.676. The molecule has 0 radical (unpaired) electrons. The Labute approximate surface area is 121 Å². The van der Waals surface area contributed by atoms with Gasteiger partial charge < -0.3 is 9.88 Å². The molecule has 1 amide bonds. The van der Waals surface area contributed by atoms with Crippen LogP contribution in [0.15, 0.2) is 39.7 Å². The van der Waals surface area contributed by atoms with Crippen LogP contribution in [0, 0.1) is 11.6 Å². The highest BCUT2D eigenvalue weighted by atomic mass is 79.9. The number of hydrogen-bond acceptors (Lipinski definition) is 2. The van der Waals surface area contributed by atoms with Crippen molar-refractivity contribution in [1.82, 2.24) is 4.57 Å². The molecule has 20 heavy (non-hydrogen) atoms. The summed E-state index contributed by atoms with van der Waals surface area (Å²) in [6.45, 7) is 0. The fourth-order valence-corrected chi connectivity index (χ4v) is 2.02. The molecule has 0 aliphatic heterocycles. The third-order valence-corrected chi connectivity index (χ3v) is 3.04. The minimum Gasteiger partial charge on any atom is -0.320 e. The second-order valence-corrected chi connectivity index (χ2v) is 4.98. The van der Waals surface area contributed by atoms with Crippen LogP contribution in [0.5, 0.6) is 0 Å². The lowest BCUT2D eigenvalue weighted by Crippen LogP contribution is -2.19. The summed E-state index contributed by atoms with van der Waals surface area (Å²) in [5, 5.41) is 2.33. The minimum absolute atomic E-state index is 0.200. The normalized spacial score (nSPS) is 10.4. The Bertz CT molecular complexity index is 720. The molecule has 0 saturated heterocycles.